The number of nitrogens with zero attached hydrogens (tertiary/aromatic N) is 1. The SMILES string of the molecule is Cc1[nH]nc(O[C@@H]2O[C@H](COC(=O)C(C)(C)C)[C@@H](OC(=O)C(C)(C)C)[C@H](OC(=O)C(C)(C)C)[C@H]2OC(=O)C(C)(C)C)c1Cc1ccc(OC(C)C)cc1. The van der Waals surface area contributed by atoms with Crippen LogP contribution in [-0.4, -0.2) is 77.5 Å². The van der Waals surface area contributed by atoms with Gasteiger partial charge < -0.3 is 33.2 Å². The van der Waals surface area contributed by atoms with Crippen LogP contribution in [0.15, 0.2) is 24.3 Å². The van der Waals surface area contributed by atoms with E-state index in [4.69, 9.17) is 33.2 Å². The number of H-pyrrole nitrogens is 1. The molecule has 0 bridgehead atoms. The van der Waals surface area contributed by atoms with Crippen LogP contribution in [0.25, 0.3) is 0 Å². The lowest BCUT2D eigenvalue weighted by Gasteiger charge is -2.45. The quantitative estimate of drug-likeness (QED) is 0.193. The number of nitrogens with one attached hydrogen (secondary N) is 1. The molecule has 1 aromatic heterocycles. The van der Waals surface area contributed by atoms with Gasteiger partial charge in [-0.2, -0.15) is 0 Å². The number of hydrogen-bond acceptors (Lipinski definition) is 12. The molecule has 53 heavy (non-hydrogen) atoms. The predicted octanol–water partition coefficient (Wildman–Crippen LogP) is 6.66. The first kappa shape index (κ1) is 43.3. The molecule has 2 aromatic rings. The molecule has 5 atom stereocenters. The molecule has 0 saturated carbocycles. The molecule has 0 radical (unpaired) electrons. The summed E-state index contributed by atoms with van der Waals surface area (Å²) in [5, 5.41) is 7.37. The van der Waals surface area contributed by atoms with E-state index in [1.807, 2.05) is 45.0 Å². The zero-order valence-corrected chi connectivity index (χ0v) is 34.1. The van der Waals surface area contributed by atoms with Gasteiger partial charge in [-0.05, 0) is 122 Å². The Morgan fingerprint density at radius 3 is 1.66 bits per heavy atom. The van der Waals surface area contributed by atoms with E-state index in [0.717, 1.165) is 11.3 Å². The van der Waals surface area contributed by atoms with Crippen molar-refractivity contribution in [1.29, 1.82) is 0 Å². The molecule has 0 spiro atoms. The minimum atomic E-state index is -1.47. The third kappa shape index (κ3) is 11.9. The van der Waals surface area contributed by atoms with Gasteiger partial charge in [0, 0.05) is 17.7 Å². The Labute approximate surface area is 314 Å². The molecule has 3 rings (SSSR count). The van der Waals surface area contributed by atoms with Gasteiger partial charge >= 0.3 is 23.9 Å². The fourth-order valence-electron chi connectivity index (χ4n) is 4.79. The van der Waals surface area contributed by atoms with Crippen molar-refractivity contribution in [2.24, 2.45) is 21.7 Å². The number of aromatic nitrogens is 2. The topological polar surface area (TPSA) is 162 Å². The van der Waals surface area contributed by atoms with E-state index in [1.165, 1.54) is 0 Å². The smallest absolute Gasteiger partial charge is 0.311 e. The maximum absolute atomic E-state index is 13.6. The second kappa shape index (κ2) is 16.5. The summed E-state index contributed by atoms with van der Waals surface area (Å²) in [7, 11) is 0. The first-order valence-electron chi connectivity index (χ1n) is 18.1. The zero-order chi connectivity index (χ0) is 40.3. The molecule has 0 aliphatic carbocycles. The van der Waals surface area contributed by atoms with Crippen LogP contribution < -0.4 is 9.47 Å². The number of carbonyl (C=O) groups excluding carboxylic acids is 4. The zero-order valence-electron chi connectivity index (χ0n) is 34.1. The molecule has 1 aliphatic heterocycles. The average Bonchev–Trinajstić information content (AvgIpc) is 3.35. The molecule has 1 fully saturated rings. The number of hydrogen-bond donors (Lipinski definition) is 1. The highest BCUT2D eigenvalue weighted by molar-refractivity contribution is 5.78. The molecule has 2 heterocycles. The normalized spacial score (nSPS) is 21.1. The van der Waals surface area contributed by atoms with Gasteiger partial charge in [-0.1, -0.05) is 12.1 Å². The second-order valence-corrected chi connectivity index (χ2v) is 18.0. The Morgan fingerprint density at radius 2 is 1.19 bits per heavy atom. The summed E-state index contributed by atoms with van der Waals surface area (Å²) in [6, 6.07) is 7.64. The lowest BCUT2D eigenvalue weighted by molar-refractivity contribution is -0.294. The standard InChI is InChI=1S/C40H60N2O11/c1-22(2)48-25-18-16-24(17-19-25)20-26-23(3)41-42-31(26)53-32-30(52-36(46)40(13,14)15)29(51-35(45)39(10,11)12)28(50-34(44)38(7,8)9)27(49-32)21-47-33(43)37(4,5)6/h16-19,22,27-30,32H,20-21H2,1-15H3,(H,41,42)/t27-,28-,29+,30-,32+/m1/s1. The molecule has 13 heteroatoms. The molecule has 1 aromatic carbocycles. The third-order valence-electron chi connectivity index (χ3n) is 8.09. The van der Waals surface area contributed by atoms with Crippen LogP contribution in [0.2, 0.25) is 0 Å². The number of ether oxygens (including phenoxy) is 7. The number of aryl methyl sites for hydroxylation is 1. The number of rotatable bonds is 11. The van der Waals surface area contributed by atoms with E-state index >= 15 is 0 Å². The maximum Gasteiger partial charge on any atom is 0.311 e. The highest BCUT2D eigenvalue weighted by atomic mass is 16.7. The average molecular weight is 745 g/mol. The van der Waals surface area contributed by atoms with Gasteiger partial charge in [0.25, 0.3) is 0 Å². The lowest BCUT2D eigenvalue weighted by Crippen LogP contribution is -2.65. The van der Waals surface area contributed by atoms with Crippen molar-refractivity contribution >= 4 is 23.9 Å². The Hall–Kier alpha value is -4.13. The molecule has 296 valence electrons. The van der Waals surface area contributed by atoms with Gasteiger partial charge in [0.2, 0.25) is 18.3 Å². The van der Waals surface area contributed by atoms with Crippen molar-refractivity contribution in [3.05, 3.63) is 41.1 Å². The number of carbonyl (C=O) groups is 4. The molecule has 0 unspecified atom stereocenters. The first-order valence-corrected chi connectivity index (χ1v) is 18.1. The summed E-state index contributed by atoms with van der Waals surface area (Å²) in [5.74, 6) is -1.63. The summed E-state index contributed by atoms with van der Waals surface area (Å²) in [4.78, 5) is 53.6. The van der Waals surface area contributed by atoms with E-state index in [-0.39, 0.29) is 12.0 Å². The van der Waals surface area contributed by atoms with Gasteiger partial charge in [-0.3, -0.25) is 24.3 Å². The highest BCUT2D eigenvalue weighted by Gasteiger charge is 2.56. The van der Waals surface area contributed by atoms with Crippen LogP contribution in [0, 0.1) is 28.6 Å². The van der Waals surface area contributed by atoms with Crippen LogP contribution >= 0.6 is 0 Å². The molecular formula is C40H60N2O11. The largest absolute Gasteiger partial charge is 0.491 e. The van der Waals surface area contributed by atoms with Crippen molar-refractivity contribution in [2.75, 3.05) is 6.61 Å². The molecule has 13 nitrogen and oxygen atoms in total. The summed E-state index contributed by atoms with van der Waals surface area (Å²) >= 11 is 0. The van der Waals surface area contributed by atoms with Crippen molar-refractivity contribution in [2.45, 2.75) is 147 Å². The van der Waals surface area contributed by atoms with Gasteiger partial charge in [-0.15, -0.1) is 5.10 Å². The Kier molecular flexibility index (Phi) is 13.5. The van der Waals surface area contributed by atoms with Crippen molar-refractivity contribution < 1.29 is 52.3 Å². The van der Waals surface area contributed by atoms with E-state index in [2.05, 4.69) is 10.2 Å². The highest BCUT2D eigenvalue weighted by Crippen LogP contribution is 2.36. The fraction of sp³-hybridized carbons (Fsp3) is 0.675. The molecule has 1 saturated heterocycles. The lowest BCUT2D eigenvalue weighted by atomic mass is 9.93. The van der Waals surface area contributed by atoms with Gasteiger partial charge in [-0.25, -0.2) is 0 Å². The van der Waals surface area contributed by atoms with Crippen LogP contribution in [0.5, 0.6) is 11.6 Å². The number of esters is 4. The molecular weight excluding hydrogens is 684 g/mol. The fourth-order valence-corrected chi connectivity index (χ4v) is 4.79. The van der Waals surface area contributed by atoms with Crippen LogP contribution in [0.3, 0.4) is 0 Å². The third-order valence-corrected chi connectivity index (χ3v) is 8.09. The molecule has 0 amide bonds. The maximum atomic E-state index is 13.6. The van der Waals surface area contributed by atoms with E-state index < -0.39 is 82.8 Å². The number of aromatic amines is 1. The monoisotopic (exact) mass is 744 g/mol. The number of benzene rings is 1. The van der Waals surface area contributed by atoms with Gasteiger partial charge in [0.15, 0.2) is 12.2 Å². The van der Waals surface area contributed by atoms with E-state index in [0.29, 0.717) is 17.7 Å². The van der Waals surface area contributed by atoms with Crippen molar-refractivity contribution in [1.82, 2.24) is 10.2 Å². The summed E-state index contributed by atoms with van der Waals surface area (Å²) in [6.45, 7) is 25.4. The molecule has 1 aliphatic rings. The minimum absolute atomic E-state index is 0.0247. The predicted molar refractivity (Wildman–Crippen MR) is 196 cm³/mol. The summed E-state index contributed by atoms with van der Waals surface area (Å²) in [6.07, 6.45) is -6.56. The molecule has 1 N–H and O–H groups in total. The van der Waals surface area contributed by atoms with Gasteiger partial charge in [0.05, 0.1) is 27.8 Å². The Morgan fingerprint density at radius 1 is 0.717 bits per heavy atom. The Bertz CT molecular complexity index is 1580. The van der Waals surface area contributed by atoms with Crippen LogP contribution in [-0.2, 0) is 49.3 Å². The van der Waals surface area contributed by atoms with E-state index in [9.17, 15) is 19.2 Å². The first-order chi connectivity index (χ1) is 24.2. The minimum Gasteiger partial charge on any atom is -0.491 e. The summed E-state index contributed by atoms with van der Waals surface area (Å²) in [5.41, 5.74) is -1.53. The Balaban J connectivity index is 2.16. The van der Waals surface area contributed by atoms with E-state index in [1.54, 1.807) is 83.1 Å². The van der Waals surface area contributed by atoms with Crippen molar-refractivity contribution in [3.63, 3.8) is 0 Å². The van der Waals surface area contributed by atoms with Crippen LogP contribution in [0.1, 0.15) is 114 Å². The van der Waals surface area contributed by atoms with Crippen LogP contribution in [0.4, 0.5) is 0 Å². The summed E-state index contributed by atoms with van der Waals surface area (Å²) < 4.78 is 42.6. The second-order valence-electron chi connectivity index (χ2n) is 18.0. The van der Waals surface area contributed by atoms with Crippen molar-refractivity contribution in [3.8, 4) is 11.6 Å². The van der Waals surface area contributed by atoms with Gasteiger partial charge in [0.1, 0.15) is 18.5 Å².